The molecule has 0 spiro atoms. The van der Waals surface area contributed by atoms with E-state index in [1.165, 1.54) is 0 Å². The van der Waals surface area contributed by atoms with E-state index in [0.29, 0.717) is 12.6 Å². The molecule has 1 saturated carbocycles. The van der Waals surface area contributed by atoms with Gasteiger partial charge in [0.15, 0.2) is 0 Å². The highest BCUT2D eigenvalue weighted by atomic mass is 19.1. The molecule has 1 aliphatic rings. The molecule has 0 atom stereocenters. The molecule has 0 radical (unpaired) electrons. The number of hydrogen-bond donors (Lipinski definition) is 2. The lowest BCUT2D eigenvalue weighted by Crippen LogP contribution is -2.55. The van der Waals surface area contributed by atoms with E-state index < -0.39 is 17.5 Å². The monoisotopic (exact) mass is 240 g/mol. The number of halogens is 2. The Hall–Kier alpha value is -1.49. The maximum absolute atomic E-state index is 13.3. The van der Waals surface area contributed by atoms with Crippen molar-refractivity contribution in [3.63, 3.8) is 0 Å². The first kappa shape index (κ1) is 12.0. The first-order valence-electron chi connectivity index (χ1n) is 5.52. The normalized spacial score (nSPS) is 17.4. The minimum atomic E-state index is -0.859. The number of benzene rings is 1. The molecule has 0 bridgehead atoms. The van der Waals surface area contributed by atoms with E-state index in [1.54, 1.807) is 0 Å². The summed E-state index contributed by atoms with van der Waals surface area (Å²) in [4.78, 5) is 11.6. The summed E-state index contributed by atoms with van der Waals surface area (Å²) in [5.41, 5.74) is 5.41. The maximum Gasteiger partial charge on any atom is 0.254 e. The van der Waals surface area contributed by atoms with E-state index in [0.717, 1.165) is 31.4 Å². The van der Waals surface area contributed by atoms with Crippen LogP contribution in [-0.2, 0) is 0 Å². The van der Waals surface area contributed by atoms with Crippen molar-refractivity contribution in [2.45, 2.75) is 24.8 Å². The van der Waals surface area contributed by atoms with Crippen LogP contribution in [0.25, 0.3) is 0 Å². The molecule has 3 nitrogen and oxygen atoms in total. The molecule has 1 fully saturated rings. The number of carbonyl (C=O) groups excluding carboxylic acids is 1. The van der Waals surface area contributed by atoms with Crippen molar-refractivity contribution in [2.75, 3.05) is 6.54 Å². The minimum Gasteiger partial charge on any atom is -0.350 e. The van der Waals surface area contributed by atoms with E-state index in [9.17, 15) is 13.6 Å². The number of nitrogens with one attached hydrogen (secondary N) is 1. The first-order valence-corrected chi connectivity index (χ1v) is 5.52. The highest BCUT2D eigenvalue weighted by Crippen LogP contribution is 2.28. The predicted octanol–water partition coefficient (Wildman–Crippen LogP) is 1.58. The molecule has 1 amide bonds. The van der Waals surface area contributed by atoms with Crippen LogP contribution in [0.3, 0.4) is 0 Å². The summed E-state index contributed by atoms with van der Waals surface area (Å²) in [6.07, 6.45) is 2.77. The van der Waals surface area contributed by atoms with Crippen LogP contribution in [0.15, 0.2) is 18.2 Å². The highest BCUT2D eigenvalue weighted by molar-refractivity contribution is 5.94. The van der Waals surface area contributed by atoms with Gasteiger partial charge in [0.2, 0.25) is 0 Å². The van der Waals surface area contributed by atoms with E-state index >= 15 is 0 Å². The molecule has 17 heavy (non-hydrogen) atoms. The second-order valence-electron chi connectivity index (χ2n) is 4.52. The zero-order valence-corrected chi connectivity index (χ0v) is 9.30. The topological polar surface area (TPSA) is 55.1 Å². The molecular weight excluding hydrogens is 226 g/mol. The zero-order valence-electron chi connectivity index (χ0n) is 9.30. The molecule has 5 heteroatoms. The smallest absolute Gasteiger partial charge is 0.254 e. The van der Waals surface area contributed by atoms with Gasteiger partial charge in [-0.15, -0.1) is 0 Å². The van der Waals surface area contributed by atoms with E-state index in [-0.39, 0.29) is 11.1 Å². The van der Waals surface area contributed by atoms with Crippen LogP contribution in [0.1, 0.15) is 29.6 Å². The molecule has 0 heterocycles. The Morgan fingerprint density at radius 1 is 1.41 bits per heavy atom. The lowest BCUT2D eigenvalue weighted by atomic mass is 9.78. The summed E-state index contributed by atoms with van der Waals surface area (Å²) in [5, 5.41) is 2.58. The van der Waals surface area contributed by atoms with Gasteiger partial charge >= 0.3 is 0 Å². The van der Waals surface area contributed by atoms with Gasteiger partial charge in [-0.2, -0.15) is 0 Å². The summed E-state index contributed by atoms with van der Waals surface area (Å²) in [7, 11) is 0. The van der Waals surface area contributed by atoms with Crippen molar-refractivity contribution in [2.24, 2.45) is 5.73 Å². The Balaban J connectivity index is 1.99. The largest absolute Gasteiger partial charge is 0.350 e. The van der Waals surface area contributed by atoms with E-state index in [1.807, 2.05) is 0 Å². The maximum atomic E-state index is 13.3. The molecule has 0 aliphatic heterocycles. The van der Waals surface area contributed by atoms with Crippen molar-refractivity contribution in [3.8, 4) is 0 Å². The molecule has 0 unspecified atom stereocenters. The van der Waals surface area contributed by atoms with Crippen LogP contribution >= 0.6 is 0 Å². The number of rotatable bonds is 3. The summed E-state index contributed by atoms with van der Waals surface area (Å²) in [6, 6.07) is 2.87. The van der Waals surface area contributed by atoms with E-state index in [2.05, 4.69) is 5.32 Å². The van der Waals surface area contributed by atoms with Gasteiger partial charge in [0.05, 0.1) is 5.56 Å². The van der Waals surface area contributed by atoms with Crippen molar-refractivity contribution < 1.29 is 13.6 Å². The molecule has 1 aromatic rings. The third-order valence-corrected chi connectivity index (χ3v) is 3.13. The predicted molar refractivity (Wildman–Crippen MR) is 59.5 cm³/mol. The second kappa shape index (κ2) is 4.41. The van der Waals surface area contributed by atoms with Gasteiger partial charge in [0.25, 0.3) is 5.91 Å². The molecule has 1 aromatic carbocycles. The van der Waals surface area contributed by atoms with Crippen LogP contribution < -0.4 is 11.1 Å². The van der Waals surface area contributed by atoms with Crippen LogP contribution in [-0.4, -0.2) is 18.0 Å². The van der Waals surface area contributed by atoms with Gasteiger partial charge in [0.1, 0.15) is 11.6 Å². The van der Waals surface area contributed by atoms with Crippen molar-refractivity contribution in [1.29, 1.82) is 0 Å². The van der Waals surface area contributed by atoms with Crippen LogP contribution in [0, 0.1) is 11.6 Å². The van der Waals surface area contributed by atoms with Crippen molar-refractivity contribution in [1.82, 2.24) is 5.32 Å². The quantitative estimate of drug-likeness (QED) is 0.842. The second-order valence-corrected chi connectivity index (χ2v) is 4.52. The fourth-order valence-corrected chi connectivity index (χ4v) is 1.83. The fourth-order valence-electron chi connectivity index (χ4n) is 1.83. The lowest BCUT2D eigenvalue weighted by Gasteiger charge is -2.38. The summed E-state index contributed by atoms with van der Waals surface area (Å²) >= 11 is 0. The Morgan fingerprint density at radius 2 is 2.12 bits per heavy atom. The van der Waals surface area contributed by atoms with Gasteiger partial charge in [-0.25, -0.2) is 8.78 Å². The number of nitrogens with two attached hydrogens (primary N) is 1. The number of hydrogen-bond acceptors (Lipinski definition) is 2. The molecule has 92 valence electrons. The Morgan fingerprint density at radius 3 is 2.65 bits per heavy atom. The molecule has 2 rings (SSSR count). The molecule has 3 N–H and O–H groups in total. The zero-order chi connectivity index (χ0) is 12.5. The molecule has 1 aliphatic carbocycles. The third kappa shape index (κ3) is 2.61. The first-order chi connectivity index (χ1) is 8.00. The summed E-state index contributed by atoms with van der Waals surface area (Å²) < 4.78 is 25.9. The summed E-state index contributed by atoms with van der Waals surface area (Å²) in [6.45, 7) is 0.322. The van der Waals surface area contributed by atoms with Crippen molar-refractivity contribution >= 4 is 5.91 Å². The molecule has 0 aromatic heterocycles. The Labute approximate surface area is 98.0 Å². The standard InChI is InChI=1S/C12H14F2N2O/c13-8-2-3-9(10(14)6-8)11(17)16-7-12(15)4-1-5-12/h2-3,6H,1,4-5,7,15H2,(H,16,17). The third-order valence-electron chi connectivity index (χ3n) is 3.13. The summed E-state index contributed by atoms with van der Waals surface area (Å²) in [5.74, 6) is -2.12. The Bertz CT molecular complexity index is 444. The van der Waals surface area contributed by atoms with Crippen molar-refractivity contribution in [3.05, 3.63) is 35.4 Å². The van der Waals surface area contributed by atoms with Gasteiger partial charge in [-0.3, -0.25) is 4.79 Å². The average Bonchev–Trinajstić information content (AvgIpc) is 2.23. The Kier molecular flexibility index (Phi) is 3.11. The van der Waals surface area contributed by atoms with Crippen LogP contribution in [0.4, 0.5) is 8.78 Å². The van der Waals surface area contributed by atoms with E-state index in [4.69, 9.17) is 5.73 Å². The van der Waals surface area contributed by atoms with Gasteiger partial charge in [-0.05, 0) is 31.4 Å². The number of amides is 1. The highest BCUT2D eigenvalue weighted by Gasteiger charge is 2.32. The minimum absolute atomic E-state index is 0.158. The average molecular weight is 240 g/mol. The lowest BCUT2D eigenvalue weighted by molar-refractivity contribution is 0.0925. The number of carbonyl (C=O) groups is 1. The SMILES string of the molecule is NC1(CNC(=O)c2ccc(F)cc2F)CCC1. The van der Waals surface area contributed by atoms with Crippen LogP contribution in [0.5, 0.6) is 0 Å². The fraction of sp³-hybridized carbons (Fsp3) is 0.417. The van der Waals surface area contributed by atoms with Gasteiger partial charge in [-0.1, -0.05) is 0 Å². The molecular formula is C12H14F2N2O. The van der Waals surface area contributed by atoms with Gasteiger partial charge < -0.3 is 11.1 Å². The van der Waals surface area contributed by atoms with Gasteiger partial charge in [0, 0.05) is 18.2 Å². The van der Waals surface area contributed by atoms with Crippen LogP contribution in [0.2, 0.25) is 0 Å². The molecule has 0 saturated heterocycles.